The van der Waals surface area contributed by atoms with Gasteiger partial charge in [-0.15, -0.1) is 11.3 Å². The number of halogens is 1. The Morgan fingerprint density at radius 3 is 3.00 bits per heavy atom. The van der Waals surface area contributed by atoms with Crippen LogP contribution in [0, 0.1) is 10.1 Å². The van der Waals surface area contributed by atoms with Crippen molar-refractivity contribution in [1.82, 2.24) is 14.8 Å². The highest BCUT2D eigenvalue weighted by Crippen LogP contribution is 2.21. The zero-order valence-corrected chi connectivity index (χ0v) is 13.5. The zero-order chi connectivity index (χ0) is 15.9. The van der Waals surface area contributed by atoms with E-state index in [9.17, 15) is 10.1 Å². The molecule has 11 heteroatoms. The van der Waals surface area contributed by atoms with E-state index < -0.39 is 5.03 Å². The third-order valence-corrected chi connectivity index (χ3v) is 3.80. The van der Waals surface area contributed by atoms with Crippen molar-refractivity contribution in [3.8, 4) is 0 Å². The molecule has 22 heavy (non-hydrogen) atoms. The molecule has 1 aromatic rings. The van der Waals surface area contributed by atoms with Gasteiger partial charge in [0.05, 0.1) is 6.54 Å². The van der Waals surface area contributed by atoms with Gasteiger partial charge in [-0.2, -0.15) is 0 Å². The average molecular weight is 350 g/mol. The number of nitrogens with zero attached hydrogens (tertiary/aromatic N) is 5. The molecule has 0 amide bonds. The molecular formula is C11H16ClN5O4S. The summed E-state index contributed by atoms with van der Waals surface area (Å²) in [6, 6.07) is 0. The Labute approximate surface area is 136 Å². The van der Waals surface area contributed by atoms with Crippen LogP contribution >= 0.6 is 22.9 Å². The van der Waals surface area contributed by atoms with Crippen molar-refractivity contribution in [2.45, 2.75) is 19.9 Å². The minimum Gasteiger partial charge on any atom is -0.361 e. The number of ether oxygens (including phenoxy) is 2. The number of nitro groups is 1. The SMILES string of the molecule is CCCOCN1COCN(Cc2cnc(Cl)s2)/C1=N\[N+](=O)[O-]. The number of guanidine groups is 1. The minimum absolute atomic E-state index is 0.181. The molecule has 0 spiro atoms. The largest absolute Gasteiger partial charge is 0.361 e. The number of hydrogen-bond acceptors (Lipinski definition) is 6. The first-order chi connectivity index (χ1) is 10.6. The third-order valence-electron chi connectivity index (χ3n) is 2.70. The molecule has 1 aliphatic heterocycles. The maximum Gasteiger partial charge on any atom is 0.279 e. The fourth-order valence-corrected chi connectivity index (χ4v) is 2.85. The second kappa shape index (κ2) is 8.22. The van der Waals surface area contributed by atoms with Crippen LogP contribution in [-0.2, 0) is 16.0 Å². The van der Waals surface area contributed by atoms with E-state index in [0.717, 1.165) is 11.3 Å². The van der Waals surface area contributed by atoms with Crippen LogP contribution in [0.3, 0.4) is 0 Å². The molecule has 0 bridgehead atoms. The van der Waals surface area contributed by atoms with Gasteiger partial charge in [0, 0.05) is 17.7 Å². The van der Waals surface area contributed by atoms with Gasteiger partial charge in [0.15, 0.2) is 9.50 Å². The number of rotatable bonds is 7. The van der Waals surface area contributed by atoms with Gasteiger partial charge in [-0.05, 0) is 6.42 Å². The summed E-state index contributed by atoms with van der Waals surface area (Å²) in [5, 5.41) is 13.5. The van der Waals surface area contributed by atoms with Gasteiger partial charge in [0.25, 0.3) is 5.96 Å². The summed E-state index contributed by atoms with van der Waals surface area (Å²) in [5.41, 5.74) is 0. The Hall–Kier alpha value is -1.49. The number of hydrogen-bond donors (Lipinski definition) is 0. The molecule has 1 fully saturated rings. The number of hydrazone groups is 1. The molecule has 1 aliphatic rings. The van der Waals surface area contributed by atoms with Crippen molar-refractivity contribution in [3.63, 3.8) is 0 Å². The van der Waals surface area contributed by atoms with Crippen molar-refractivity contribution in [2.24, 2.45) is 5.10 Å². The van der Waals surface area contributed by atoms with Gasteiger partial charge in [-0.1, -0.05) is 18.5 Å². The van der Waals surface area contributed by atoms with Crippen LogP contribution in [0.15, 0.2) is 11.3 Å². The lowest BCUT2D eigenvalue weighted by Gasteiger charge is -2.36. The van der Waals surface area contributed by atoms with Crippen LogP contribution in [0.4, 0.5) is 0 Å². The minimum atomic E-state index is -0.722. The van der Waals surface area contributed by atoms with E-state index in [1.165, 1.54) is 11.3 Å². The Morgan fingerprint density at radius 2 is 2.36 bits per heavy atom. The van der Waals surface area contributed by atoms with Crippen LogP contribution < -0.4 is 0 Å². The van der Waals surface area contributed by atoms with Gasteiger partial charge in [-0.3, -0.25) is 4.90 Å². The number of thiazole rings is 1. The highest BCUT2D eigenvalue weighted by atomic mass is 35.5. The predicted octanol–water partition coefficient (Wildman–Crippen LogP) is 1.78. The summed E-state index contributed by atoms with van der Waals surface area (Å²) in [6.07, 6.45) is 2.49. The molecule has 1 saturated heterocycles. The van der Waals surface area contributed by atoms with Gasteiger partial charge < -0.3 is 14.4 Å². The molecule has 122 valence electrons. The standard InChI is InChI=1S/C11H16ClN5O4S/c1-2-3-20-7-16-8-21-6-15(11(16)14-17(18)19)5-9-4-13-10(12)22-9/h4H,2-3,5-8H2,1H3/b14-11+. The highest BCUT2D eigenvalue weighted by Gasteiger charge is 2.28. The lowest BCUT2D eigenvalue weighted by molar-refractivity contribution is -0.487. The molecule has 2 rings (SSSR count). The van der Waals surface area contributed by atoms with E-state index in [-0.39, 0.29) is 26.2 Å². The summed E-state index contributed by atoms with van der Waals surface area (Å²) in [4.78, 5) is 18.8. The van der Waals surface area contributed by atoms with Gasteiger partial charge in [0.1, 0.15) is 25.3 Å². The molecule has 0 N–H and O–H groups in total. The van der Waals surface area contributed by atoms with Crippen molar-refractivity contribution in [3.05, 3.63) is 25.7 Å². The summed E-state index contributed by atoms with van der Waals surface area (Å²) in [5.74, 6) is 0.205. The van der Waals surface area contributed by atoms with Crippen LogP contribution in [0.1, 0.15) is 18.2 Å². The van der Waals surface area contributed by atoms with E-state index in [1.54, 1.807) is 16.0 Å². The Morgan fingerprint density at radius 1 is 1.59 bits per heavy atom. The van der Waals surface area contributed by atoms with E-state index >= 15 is 0 Å². The van der Waals surface area contributed by atoms with Crippen LogP contribution in [0.2, 0.25) is 4.47 Å². The lowest BCUT2D eigenvalue weighted by Crippen LogP contribution is -2.52. The van der Waals surface area contributed by atoms with E-state index in [0.29, 0.717) is 17.6 Å². The smallest absolute Gasteiger partial charge is 0.279 e. The zero-order valence-electron chi connectivity index (χ0n) is 12.0. The molecule has 0 aromatic carbocycles. The molecule has 9 nitrogen and oxygen atoms in total. The molecule has 0 radical (unpaired) electrons. The fraction of sp³-hybridized carbons (Fsp3) is 0.636. The van der Waals surface area contributed by atoms with Gasteiger partial charge >= 0.3 is 0 Å². The first kappa shape index (κ1) is 16.9. The summed E-state index contributed by atoms with van der Waals surface area (Å²) < 4.78 is 11.3. The van der Waals surface area contributed by atoms with Crippen LogP contribution in [-0.4, -0.2) is 52.6 Å². The molecule has 0 atom stereocenters. The highest BCUT2D eigenvalue weighted by molar-refractivity contribution is 7.15. The Balaban J connectivity index is 2.10. The summed E-state index contributed by atoms with van der Waals surface area (Å²) in [6.45, 7) is 3.50. The number of aromatic nitrogens is 1. The van der Waals surface area contributed by atoms with Crippen LogP contribution in [0.25, 0.3) is 0 Å². The second-order valence-corrected chi connectivity index (χ2v) is 6.15. The second-order valence-electron chi connectivity index (χ2n) is 4.45. The lowest BCUT2D eigenvalue weighted by atomic mass is 10.4. The van der Waals surface area contributed by atoms with Gasteiger partial charge in [0.2, 0.25) is 0 Å². The Kier molecular flexibility index (Phi) is 6.31. The molecule has 0 unspecified atom stereocenters. The first-order valence-electron chi connectivity index (χ1n) is 6.58. The average Bonchev–Trinajstić information content (AvgIpc) is 2.87. The van der Waals surface area contributed by atoms with Crippen molar-refractivity contribution in [2.75, 3.05) is 26.8 Å². The third kappa shape index (κ3) is 4.77. The molecule has 2 heterocycles. The predicted molar refractivity (Wildman–Crippen MR) is 80.9 cm³/mol. The summed E-state index contributed by atoms with van der Waals surface area (Å²) in [7, 11) is 0. The molecule has 0 aliphatic carbocycles. The maximum atomic E-state index is 10.8. The summed E-state index contributed by atoms with van der Waals surface area (Å²) >= 11 is 7.11. The Bertz CT molecular complexity index is 540. The molecular weight excluding hydrogens is 334 g/mol. The van der Waals surface area contributed by atoms with Crippen molar-refractivity contribution in [1.29, 1.82) is 0 Å². The van der Waals surface area contributed by atoms with Crippen LogP contribution in [0.5, 0.6) is 0 Å². The van der Waals surface area contributed by atoms with Crippen molar-refractivity contribution >= 4 is 28.9 Å². The molecule has 1 aromatic heterocycles. The van der Waals surface area contributed by atoms with E-state index in [4.69, 9.17) is 21.1 Å². The van der Waals surface area contributed by atoms with Gasteiger partial charge in [-0.25, -0.2) is 15.1 Å². The van der Waals surface area contributed by atoms with E-state index in [1.807, 2.05) is 6.92 Å². The topological polar surface area (TPSA) is 93.3 Å². The monoisotopic (exact) mass is 349 g/mol. The normalized spacial score (nSPS) is 17.3. The molecule has 0 saturated carbocycles. The van der Waals surface area contributed by atoms with Crippen molar-refractivity contribution < 1.29 is 14.5 Å². The van der Waals surface area contributed by atoms with E-state index in [2.05, 4.69) is 10.1 Å². The quantitative estimate of drug-likeness (QED) is 0.420. The first-order valence-corrected chi connectivity index (χ1v) is 7.78. The maximum absolute atomic E-state index is 10.8. The fourth-order valence-electron chi connectivity index (χ4n) is 1.85.